The van der Waals surface area contributed by atoms with Crippen molar-refractivity contribution in [3.05, 3.63) is 59.2 Å². The average Bonchev–Trinajstić information content (AvgIpc) is 3.08. The topological polar surface area (TPSA) is 79.3 Å². The summed E-state index contributed by atoms with van der Waals surface area (Å²) in [5, 5.41) is 11.4. The lowest BCUT2D eigenvalue weighted by atomic mass is 9.94. The molecule has 0 spiro atoms. The first-order chi connectivity index (χ1) is 16.0. The van der Waals surface area contributed by atoms with E-state index in [-0.39, 0.29) is 11.3 Å². The molecule has 0 saturated carbocycles. The van der Waals surface area contributed by atoms with E-state index in [4.69, 9.17) is 9.47 Å². The first-order valence-corrected chi connectivity index (χ1v) is 11.4. The number of aliphatic hydroxyl groups is 1. The van der Waals surface area contributed by atoms with E-state index in [1.807, 2.05) is 30.1 Å². The van der Waals surface area contributed by atoms with Gasteiger partial charge in [0.15, 0.2) is 0 Å². The maximum atomic E-state index is 13.2. The van der Waals surface area contributed by atoms with Gasteiger partial charge in [-0.1, -0.05) is 38.0 Å². The summed E-state index contributed by atoms with van der Waals surface area (Å²) in [5.74, 6) is -0.177. The third kappa shape index (κ3) is 4.15. The van der Waals surface area contributed by atoms with Gasteiger partial charge in [-0.25, -0.2) is 0 Å². The van der Waals surface area contributed by atoms with E-state index in [0.717, 1.165) is 37.2 Å². The normalized spacial score (nSPS) is 19.4. The number of carbonyl (C=O) groups excluding carboxylic acids is 2. The number of rotatable bonds is 7. The molecule has 0 radical (unpaired) electrons. The Hall–Kier alpha value is -3.48. The number of methoxy groups -OCH3 is 1. The number of hydrogen-bond acceptors (Lipinski definition) is 6. The fourth-order valence-corrected chi connectivity index (χ4v) is 4.51. The summed E-state index contributed by atoms with van der Waals surface area (Å²) in [4.78, 5) is 29.9. The third-order valence-corrected chi connectivity index (χ3v) is 6.30. The van der Waals surface area contributed by atoms with Crippen molar-refractivity contribution in [1.82, 2.24) is 4.90 Å². The number of nitrogens with zero attached hydrogens (tertiary/aromatic N) is 2. The number of carbonyl (C=O) groups is 2. The van der Waals surface area contributed by atoms with E-state index >= 15 is 0 Å². The number of fused-ring (bicyclic) bond motifs is 1. The third-order valence-electron chi connectivity index (χ3n) is 6.30. The van der Waals surface area contributed by atoms with E-state index in [9.17, 15) is 14.7 Å². The minimum absolute atomic E-state index is 0.0836. The highest BCUT2D eigenvalue weighted by Crippen LogP contribution is 2.43. The van der Waals surface area contributed by atoms with Crippen LogP contribution >= 0.6 is 0 Å². The second kappa shape index (κ2) is 9.57. The fourth-order valence-electron chi connectivity index (χ4n) is 4.51. The highest BCUT2D eigenvalue weighted by Gasteiger charge is 2.46. The van der Waals surface area contributed by atoms with Crippen LogP contribution in [0.5, 0.6) is 11.5 Å². The van der Waals surface area contributed by atoms with Crippen molar-refractivity contribution in [1.29, 1.82) is 0 Å². The number of ketones is 1. The smallest absolute Gasteiger partial charge is 0.295 e. The lowest BCUT2D eigenvalue weighted by Crippen LogP contribution is -2.30. The molecule has 4 rings (SSSR count). The molecule has 33 heavy (non-hydrogen) atoms. The number of unbranched alkanes of at least 4 members (excludes halogenated alkanes) is 2. The van der Waals surface area contributed by atoms with Crippen molar-refractivity contribution in [2.24, 2.45) is 0 Å². The first kappa shape index (κ1) is 22.7. The Kier molecular flexibility index (Phi) is 6.58. The molecule has 2 heterocycles. The van der Waals surface area contributed by atoms with Gasteiger partial charge < -0.3 is 24.4 Å². The molecular formula is C26H30N2O5. The maximum Gasteiger partial charge on any atom is 0.295 e. The van der Waals surface area contributed by atoms with Gasteiger partial charge in [-0.2, -0.15) is 0 Å². The number of amides is 1. The fraction of sp³-hybridized carbons (Fsp3) is 0.385. The van der Waals surface area contributed by atoms with E-state index in [0.29, 0.717) is 30.0 Å². The van der Waals surface area contributed by atoms with Gasteiger partial charge in [-0.05, 0) is 30.7 Å². The van der Waals surface area contributed by atoms with Crippen molar-refractivity contribution >= 4 is 23.1 Å². The standard InChI is InChI=1S/C26H30N2O5/c1-4-5-8-13-28-23(18-9-6-7-10-20(18)32-3)22(25(30)26(28)31)24(29)17-11-12-21-19(16-17)27(2)14-15-33-21/h6-7,9-12,16,23,29H,4-5,8,13-15H2,1-3H3/b24-22+. The molecule has 7 nitrogen and oxygen atoms in total. The van der Waals surface area contributed by atoms with Gasteiger partial charge >= 0.3 is 0 Å². The number of ether oxygens (including phenoxy) is 2. The van der Waals surface area contributed by atoms with Crippen LogP contribution in [0, 0.1) is 0 Å². The van der Waals surface area contributed by atoms with Gasteiger partial charge in [0.05, 0.1) is 31.0 Å². The van der Waals surface area contributed by atoms with Gasteiger partial charge in [-0.15, -0.1) is 0 Å². The summed E-state index contributed by atoms with van der Waals surface area (Å²) in [5.41, 5.74) is 2.06. The number of anilines is 1. The van der Waals surface area contributed by atoms with Crippen molar-refractivity contribution in [2.45, 2.75) is 32.2 Å². The summed E-state index contributed by atoms with van der Waals surface area (Å²) in [6.07, 6.45) is 2.71. The summed E-state index contributed by atoms with van der Waals surface area (Å²) < 4.78 is 11.2. The molecule has 1 N–H and O–H groups in total. The van der Waals surface area contributed by atoms with E-state index in [1.54, 1.807) is 36.3 Å². The molecule has 2 aliphatic heterocycles. The second-order valence-electron chi connectivity index (χ2n) is 8.39. The van der Waals surface area contributed by atoms with Gasteiger partial charge in [0.25, 0.3) is 11.7 Å². The lowest BCUT2D eigenvalue weighted by molar-refractivity contribution is -0.139. The Balaban J connectivity index is 1.85. The van der Waals surface area contributed by atoms with Crippen LogP contribution in [0.3, 0.4) is 0 Å². The van der Waals surface area contributed by atoms with E-state index in [2.05, 4.69) is 6.92 Å². The molecule has 0 bridgehead atoms. The molecule has 1 amide bonds. The highest BCUT2D eigenvalue weighted by molar-refractivity contribution is 6.46. The number of Topliss-reactive ketones (excluding diaryl/α,β-unsaturated/α-hetero) is 1. The van der Waals surface area contributed by atoms with Crippen molar-refractivity contribution in [2.75, 3.05) is 38.8 Å². The van der Waals surface area contributed by atoms with Crippen LogP contribution in [0.4, 0.5) is 5.69 Å². The molecule has 1 atom stereocenters. The number of hydrogen-bond donors (Lipinski definition) is 1. The quantitative estimate of drug-likeness (QED) is 0.296. The Morgan fingerprint density at radius 1 is 1.18 bits per heavy atom. The molecule has 7 heteroatoms. The number of likely N-dealkylation sites (tertiary alicyclic amines) is 1. The second-order valence-corrected chi connectivity index (χ2v) is 8.39. The average molecular weight is 451 g/mol. The zero-order valence-corrected chi connectivity index (χ0v) is 19.3. The Morgan fingerprint density at radius 2 is 1.97 bits per heavy atom. The van der Waals surface area contributed by atoms with Crippen molar-refractivity contribution < 1.29 is 24.2 Å². The van der Waals surface area contributed by atoms with Crippen LogP contribution in [-0.4, -0.2) is 55.6 Å². The van der Waals surface area contributed by atoms with Crippen molar-refractivity contribution in [3.63, 3.8) is 0 Å². The molecular weight excluding hydrogens is 420 g/mol. The first-order valence-electron chi connectivity index (χ1n) is 11.4. The van der Waals surface area contributed by atoms with Crippen LogP contribution in [0.1, 0.15) is 43.4 Å². The molecule has 1 saturated heterocycles. The molecule has 2 aliphatic rings. The molecule has 0 aliphatic carbocycles. The van der Waals surface area contributed by atoms with Crippen LogP contribution in [-0.2, 0) is 9.59 Å². The zero-order chi connectivity index (χ0) is 23.5. The van der Waals surface area contributed by atoms with E-state index in [1.165, 1.54) is 0 Å². The van der Waals surface area contributed by atoms with Gasteiger partial charge in [-0.3, -0.25) is 9.59 Å². The molecule has 2 aromatic rings. The molecule has 1 unspecified atom stereocenters. The summed E-state index contributed by atoms with van der Waals surface area (Å²) in [7, 11) is 3.51. The van der Waals surface area contributed by atoms with Crippen LogP contribution in [0.15, 0.2) is 48.0 Å². The minimum Gasteiger partial charge on any atom is -0.507 e. The number of benzene rings is 2. The maximum absolute atomic E-state index is 13.2. The van der Waals surface area contributed by atoms with Gasteiger partial charge in [0.2, 0.25) is 0 Å². The number of likely N-dealkylation sites (N-methyl/N-ethyl adjacent to an activating group) is 1. The largest absolute Gasteiger partial charge is 0.507 e. The Morgan fingerprint density at radius 3 is 2.73 bits per heavy atom. The summed E-state index contributed by atoms with van der Waals surface area (Å²) >= 11 is 0. The summed E-state index contributed by atoms with van der Waals surface area (Å²) in [6, 6.07) is 11.9. The van der Waals surface area contributed by atoms with Crippen LogP contribution in [0.25, 0.3) is 5.76 Å². The monoisotopic (exact) mass is 450 g/mol. The number of aliphatic hydroxyl groups excluding tert-OH is 1. The lowest BCUT2D eigenvalue weighted by Gasteiger charge is -2.28. The molecule has 0 aromatic heterocycles. The minimum atomic E-state index is -0.719. The van der Waals surface area contributed by atoms with Crippen LogP contribution < -0.4 is 14.4 Å². The Labute approximate surface area is 194 Å². The zero-order valence-electron chi connectivity index (χ0n) is 19.3. The van der Waals surface area contributed by atoms with Crippen LogP contribution in [0.2, 0.25) is 0 Å². The SMILES string of the molecule is CCCCCN1C(=O)C(=O)/C(=C(/O)c2ccc3c(c2)N(C)CCO3)C1c1ccccc1OC. The van der Waals surface area contributed by atoms with Gasteiger partial charge in [0, 0.05) is 24.7 Å². The van der Waals surface area contributed by atoms with Gasteiger partial charge in [0.1, 0.15) is 23.9 Å². The predicted molar refractivity (Wildman–Crippen MR) is 127 cm³/mol. The number of para-hydroxylation sites is 1. The van der Waals surface area contributed by atoms with Crippen molar-refractivity contribution in [3.8, 4) is 11.5 Å². The molecule has 174 valence electrons. The molecule has 2 aromatic carbocycles. The highest BCUT2D eigenvalue weighted by atomic mass is 16.5. The predicted octanol–water partition coefficient (Wildman–Crippen LogP) is 4.14. The summed E-state index contributed by atoms with van der Waals surface area (Å²) in [6.45, 7) is 3.83. The Bertz CT molecular complexity index is 1090. The molecule has 1 fully saturated rings. The van der Waals surface area contributed by atoms with E-state index < -0.39 is 17.7 Å².